The number of anilines is 1. The van der Waals surface area contributed by atoms with Crippen LogP contribution >= 0.6 is 0 Å². The van der Waals surface area contributed by atoms with Gasteiger partial charge in [0.25, 0.3) is 0 Å². The molecule has 5 nitrogen and oxygen atoms in total. The molecule has 5 heteroatoms. The fourth-order valence-electron chi connectivity index (χ4n) is 2.77. The number of rotatable bonds is 9. The van der Waals surface area contributed by atoms with Crippen molar-refractivity contribution in [2.45, 2.75) is 20.4 Å². The SMILES string of the molecule is COc1ccc(CNc2ccccn2)cc1OCCOc1cc(C)ccc1C. The first-order valence-electron chi connectivity index (χ1n) is 9.30. The Morgan fingerprint density at radius 2 is 1.68 bits per heavy atom. The van der Waals surface area contributed by atoms with Crippen molar-refractivity contribution < 1.29 is 14.2 Å². The molecule has 0 atom stereocenters. The van der Waals surface area contributed by atoms with E-state index in [1.165, 1.54) is 5.56 Å². The summed E-state index contributed by atoms with van der Waals surface area (Å²) in [7, 11) is 1.64. The predicted octanol–water partition coefficient (Wildman–Crippen LogP) is 4.78. The van der Waals surface area contributed by atoms with Crippen LogP contribution < -0.4 is 19.5 Å². The Labute approximate surface area is 166 Å². The third-order valence-corrected chi connectivity index (χ3v) is 4.31. The summed E-state index contributed by atoms with van der Waals surface area (Å²) in [6, 6.07) is 17.9. The first kappa shape index (κ1) is 19.5. The van der Waals surface area contributed by atoms with E-state index in [0.717, 1.165) is 22.7 Å². The molecule has 0 spiro atoms. The van der Waals surface area contributed by atoms with Crippen molar-refractivity contribution in [3.8, 4) is 17.2 Å². The minimum atomic E-state index is 0.431. The van der Waals surface area contributed by atoms with Gasteiger partial charge < -0.3 is 19.5 Å². The standard InChI is InChI=1S/C23H26N2O3/c1-17-7-8-18(2)21(14-17)27-12-13-28-22-15-19(9-10-20(22)26-3)16-25-23-6-4-5-11-24-23/h4-11,14-15H,12-13,16H2,1-3H3,(H,24,25). The molecule has 146 valence electrons. The molecule has 0 fully saturated rings. The van der Waals surface area contributed by atoms with Crippen LogP contribution in [-0.2, 0) is 6.54 Å². The molecule has 3 aromatic rings. The van der Waals surface area contributed by atoms with Crippen molar-refractivity contribution in [3.63, 3.8) is 0 Å². The minimum absolute atomic E-state index is 0.431. The summed E-state index contributed by atoms with van der Waals surface area (Å²) in [6.45, 7) is 5.63. The number of nitrogens with zero attached hydrogens (tertiary/aromatic N) is 1. The van der Waals surface area contributed by atoms with Crippen LogP contribution in [0.15, 0.2) is 60.8 Å². The normalized spacial score (nSPS) is 10.4. The molecular formula is C23H26N2O3. The zero-order valence-corrected chi connectivity index (χ0v) is 16.6. The second kappa shape index (κ2) is 9.65. The first-order chi connectivity index (χ1) is 13.7. The van der Waals surface area contributed by atoms with Crippen LogP contribution in [0.25, 0.3) is 0 Å². The smallest absolute Gasteiger partial charge is 0.161 e. The lowest BCUT2D eigenvalue weighted by Crippen LogP contribution is -2.10. The summed E-state index contributed by atoms with van der Waals surface area (Å²) < 4.78 is 17.2. The molecule has 0 amide bonds. The topological polar surface area (TPSA) is 52.6 Å². The quantitative estimate of drug-likeness (QED) is 0.543. The first-order valence-corrected chi connectivity index (χ1v) is 9.30. The number of nitrogens with one attached hydrogen (secondary N) is 1. The van der Waals surface area contributed by atoms with E-state index in [2.05, 4.69) is 29.4 Å². The van der Waals surface area contributed by atoms with Gasteiger partial charge in [0, 0.05) is 12.7 Å². The summed E-state index contributed by atoms with van der Waals surface area (Å²) >= 11 is 0. The Kier molecular flexibility index (Phi) is 6.73. The number of hydrogen-bond donors (Lipinski definition) is 1. The van der Waals surface area contributed by atoms with E-state index in [0.29, 0.717) is 31.3 Å². The van der Waals surface area contributed by atoms with E-state index < -0.39 is 0 Å². The third-order valence-electron chi connectivity index (χ3n) is 4.31. The van der Waals surface area contributed by atoms with E-state index in [9.17, 15) is 0 Å². The average Bonchev–Trinajstić information content (AvgIpc) is 2.73. The lowest BCUT2D eigenvalue weighted by molar-refractivity contribution is 0.210. The van der Waals surface area contributed by atoms with Gasteiger partial charge in [-0.15, -0.1) is 0 Å². The highest BCUT2D eigenvalue weighted by molar-refractivity contribution is 5.44. The summed E-state index contributed by atoms with van der Waals surface area (Å²) in [5.41, 5.74) is 3.37. The molecule has 0 saturated heterocycles. The van der Waals surface area contributed by atoms with Gasteiger partial charge in [0.1, 0.15) is 24.8 Å². The highest BCUT2D eigenvalue weighted by Gasteiger charge is 2.07. The zero-order chi connectivity index (χ0) is 19.8. The van der Waals surface area contributed by atoms with Gasteiger partial charge in [-0.3, -0.25) is 0 Å². The Morgan fingerprint density at radius 3 is 2.43 bits per heavy atom. The van der Waals surface area contributed by atoms with Gasteiger partial charge in [0.05, 0.1) is 7.11 Å². The summed E-state index contributed by atoms with van der Waals surface area (Å²) in [5.74, 6) is 3.13. The molecule has 0 unspecified atom stereocenters. The Balaban J connectivity index is 1.56. The molecule has 0 radical (unpaired) electrons. The molecule has 0 aliphatic rings. The minimum Gasteiger partial charge on any atom is -0.493 e. The lowest BCUT2D eigenvalue weighted by Gasteiger charge is -2.14. The summed E-state index contributed by atoms with van der Waals surface area (Å²) in [5, 5.41) is 3.29. The van der Waals surface area contributed by atoms with Gasteiger partial charge in [-0.2, -0.15) is 0 Å². The van der Waals surface area contributed by atoms with Gasteiger partial charge >= 0.3 is 0 Å². The van der Waals surface area contributed by atoms with Crippen LogP contribution in [0.2, 0.25) is 0 Å². The maximum absolute atomic E-state index is 5.92. The number of pyridine rings is 1. The van der Waals surface area contributed by atoms with Gasteiger partial charge in [-0.25, -0.2) is 4.98 Å². The van der Waals surface area contributed by atoms with E-state index >= 15 is 0 Å². The summed E-state index contributed by atoms with van der Waals surface area (Å²) in [4.78, 5) is 4.27. The van der Waals surface area contributed by atoms with Crippen LogP contribution in [0.3, 0.4) is 0 Å². The number of aromatic nitrogens is 1. The third kappa shape index (κ3) is 5.39. The van der Waals surface area contributed by atoms with E-state index in [-0.39, 0.29) is 0 Å². The Morgan fingerprint density at radius 1 is 0.857 bits per heavy atom. The molecule has 1 aromatic heterocycles. The van der Waals surface area contributed by atoms with Gasteiger partial charge in [-0.1, -0.05) is 24.3 Å². The number of benzene rings is 2. The number of aryl methyl sites for hydroxylation is 2. The number of methoxy groups -OCH3 is 1. The van der Waals surface area contributed by atoms with Crippen molar-refractivity contribution in [2.24, 2.45) is 0 Å². The maximum Gasteiger partial charge on any atom is 0.161 e. The van der Waals surface area contributed by atoms with Gasteiger partial charge in [0.15, 0.2) is 11.5 Å². The van der Waals surface area contributed by atoms with Gasteiger partial charge in [-0.05, 0) is 60.9 Å². The molecule has 3 rings (SSSR count). The van der Waals surface area contributed by atoms with Gasteiger partial charge in [0.2, 0.25) is 0 Å². The molecule has 1 heterocycles. The number of hydrogen-bond acceptors (Lipinski definition) is 5. The van der Waals surface area contributed by atoms with Crippen LogP contribution in [0.1, 0.15) is 16.7 Å². The maximum atomic E-state index is 5.92. The summed E-state index contributed by atoms with van der Waals surface area (Å²) in [6.07, 6.45) is 1.76. The van der Waals surface area contributed by atoms with Crippen LogP contribution in [0.4, 0.5) is 5.82 Å². The fourth-order valence-corrected chi connectivity index (χ4v) is 2.77. The highest BCUT2D eigenvalue weighted by Crippen LogP contribution is 2.28. The van der Waals surface area contributed by atoms with Crippen molar-refractivity contribution in [2.75, 3.05) is 25.6 Å². The van der Waals surface area contributed by atoms with Crippen molar-refractivity contribution >= 4 is 5.82 Å². The van der Waals surface area contributed by atoms with Crippen LogP contribution in [0, 0.1) is 13.8 Å². The second-order valence-electron chi connectivity index (χ2n) is 6.52. The molecule has 0 saturated carbocycles. The van der Waals surface area contributed by atoms with Crippen molar-refractivity contribution in [1.29, 1.82) is 0 Å². The number of ether oxygens (including phenoxy) is 3. The molecule has 1 N–H and O–H groups in total. The average molecular weight is 378 g/mol. The highest BCUT2D eigenvalue weighted by atomic mass is 16.5. The Hall–Kier alpha value is -3.21. The molecular weight excluding hydrogens is 352 g/mol. The van der Waals surface area contributed by atoms with Crippen LogP contribution in [-0.4, -0.2) is 25.3 Å². The second-order valence-corrected chi connectivity index (χ2v) is 6.52. The molecule has 0 aliphatic heterocycles. The Bertz CT molecular complexity index is 898. The largest absolute Gasteiger partial charge is 0.493 e. The van der Waals surface area contributed by atoms with Crippen LogP contribution in [0.5, 0.6) is 17.2 Å². The molecule has 0 bridgehead atoms. The monoisotopic (exact) mass is 378 g/mol. The predicted molar refractivity (Wildman–Crippen MR) is 111 cm³/mol. The zero-order valence-electron chi connectivity index (χ0n) is 16.6. The molecule has 2 aromatic carbocycles. The van der Waals surface area contributed by atoms with E-state index in [1.54, 1.807) is 13.3 Å². The fraction of sp³-hybridized carbons (Fsp3) is 0.261. The molecule has 28 heavy (non-hydrogen) atoms. The lowest BCUT2D eigenvalue weighted by atomic mass is 10.1. The van der Waals surface area contributed by atoms with Crippen molar-refractivity contribution in [1.82, 2.24) is 4.98 Å². The van der Waals surface area contributed by atoms with Crippen molar-refractivity contribution in [3.05, 3.63) is 77.5 Å². The van der Waals surface area contributed by atoms with E-state index in [1.807, 2.05) is 49.4 Å². The van der Waals surface area contributed by atoms with E-state index in [4.69, 9.17) is 14.2 Å². The molecule has 0 aliphatic carbocycles.